The van der Waals surface area contributed by atoms with Crippen LogP contribution in [0.4, 0.5) is 4.79 Å². The molecule has 0 aliphatic heterocycles. The van der Waals surface area contributed by atoms with E-state index in [0.29, 0.717) is 6.54 Å². The number of hydrogen-bond donors (Lipinski definition) is 3. The molecule has 104 valence electrons. The Kier molecular flexibility index (Phi) is 5.87. The molecule has 1 aliphatic carbocycles. The molecule has 0 radical (unpaired) electrons. The molecule has 0 spiro atoms. The molecular weight excluding hydrogens is 240 g/mol. The first-order valence-electron chi connectivity index (χ1n) is 5.94. The van der Waals surface area contributed by atoms with Gasteiger partial charge in [0.1, 0.15) is 6.61 Å². The van der Waals surface area contributed by atoms with Crippen molar-refractivity contribution in [3.63, 3.8) is 0 Å². The number of rotatable bonds is 8. The van der Waals surface area contributed by atoms with Crippen molar-refractivity contribution in [2.24, 2.45) is 0 Å². The molecule has 0 saturated heterocycles. The summed E-state index contributed by atoms with van der Waals surface area (Å²) in [6.07, 6.45) is 3.05. The van der Waals surface area contributed by atoms with E-state index in [2.05, 4.69) is 10.6 Å². The maximum Gasteiger partial charge on any atom is 0.329 e. The summed E-state index contributed by atoms with van der Waals surface area (Å²) in [5.74, 6) is -1.02. The molecule has 7 heteroatoms. The fraction of sp³-hybridized carbons (Fsp3) is 0.818. The topological polar surface area (TPSA) is 96.9 Å². The molecule has 1 saturated carbocycles. The number of amides is 2. The van der Waals surface area contributed by atoms with Crippen molar-refractivity contribution in [3.8, 4) is 0 Å². The predicted octanol–water partition coefficient (Wildman–Crippen LogP) is -0.0441. The van der Waals surface area contributed by atoms with E-state index in [1.165, 1.54) is 0 Å². The van der Waals surface area contributed by atoms with Crippen molar-refractivity contribution >= 4 is 12.0 Å². The highest BCUT2D eigenvalue weighted by Crippen LogP contribution is 2.34. The van der Waals surface area contributed by atoms with E-state index in [9.17, 15) is 9.59 Å². The van der Waals surface area contributed by atoms with Crippen molar-refractivity contribution in [2.45, 2.75) is 24.9 Å². The highest BCUT2D eigenvalue weighted by molar-refractivity contribution is 5.73. The van der Waals surface area contributed by atoms with Gasteiger partial charge >= 0.3 is 12.0 Å². The molecular formula is C11H20N2O5. The van der Waals surface area contributed by atoms with E-state index in [0.717, 1.165) is 19.3 Å². The Bertz CT molecular complexity index is 286. The van der Waals surface area contributed by atoms with Gasteiger partial charge in [-0.05, 0) is 19.3 Å². The molecule has 3 N–H and O–H groups in total. The van der Waals surface area contributed by atoms with E-state index in [4.69, 9.17) is 14.6 Å². The maximum atomic E-state index is 11.4. The highest BCUT2D eigenvalue weighted by Gasteiger charge is 2.37. The maximum absolute atomic E-state index is 11.4. The summed E-state index contributed by atoms with van der Waals surface area (Å²) in [4.78, 5) is 21.5. The molecule has 2 amide bonds. The number of urea groups is 1. The molecule has 18 heavy (non-hydrogen) atoms. The second-order valence-corrected chi connectivity index (χ2v) is 4.30. The molecule has 1 fully saturated rings. The standard InChI is InChI=1S/C11H20N2O5/c1-17-11(3-2-4-11)8-13-10(16)12-5-6-18-7-9(14)15/h2-8H2,1H3,(H,14,15)(H2,12,13,16). The SMILES string of the molecule is COC1(CNC(=O)NCCOCC(=O)O)CCC1. The van der Waals surface area contributed by atoms with Crippen LogP contribution in [-0.4, -0.2) is 56.1 Å². The summed E-state index contributed by atoms with van der Waals surface area (Å²) in [6.45, 7) is 0.593. The average molecular weight is 260 g/mol. The Morgan fingerprint density at radius 3 is 2.56 bits per heavy atom. The Labute approximate surface area is 106 Å². The zero-order chi connectivity index (χ0) is 13.4. The van der Waals surface area contributed by atoms with Crippen molar-refractivity contribution < 1.29 is 24.2 Å². The highest BCUT2D eigenvalue weighted by atomic mass is 16.5. The number of carbonyl (C=O) groups excluding carboxylic acids is 1. The van der Waals surface area contributed by atoms with Crippen LogP contribution >= 0.6 is 0 Å². The number of nitrogens with one attached hydrogen (secondary N) is 2. The van der Waals surface area contributed by atoms with E-state index >= 15 is 0 Å². The van der Waals surface area contributed by atoms with Gasteiger partial charge in [0.2, 0.25) is 0 Å². The van der Waals surface area contributed by atoms with Gasteiger partial charge in [-0.3, -0.25) is 0 Å². The normalized spacial score (nSPS) is 16.7. The molecule has 1 aliphatic rings. The van der Waals surface area contributed by atoms with Crippen LogP contribution in [0.3, 0.4) is 0 Å². The van der Waals surface area contributed by atoms with E-state index in [1.54, 1.807) is 7.11 Å². The number of aliphatic carboxylic acids is 1. The van der Waals surface area contributed by atoms with Crippen molar-refractivity contribution in [1.82, 2.24) is 10.6 Å². The summed E-state index contributed by atoms with van der Waals surface area (Å²) in [5, 5.41) is 13.6. The van der Waals surface area contributed by atoms with Gasteiger partial charge in [-0.1, -0.05) is 0 Å². The second-order valence-electron chi connectivity index (χ2n) is 4.30. The Hall–Kier alpha value is -1.34. The third-order valence-electron chi connectivity index (χ3n) is 3.03. The lowest BCUT2D eigenvalue weighted by Gasteiger charge is -2.40. The van der Waals surface area contributed by atoms with Crippen molar-refractivity contribution in [2.75, 3.05) is 33.4 Å². The number of carbonyl (C=O) groups is 2. The van der Waals surface area contributed by atoms with E-state index < -0.39 is 5.97 Å². The van der Waals surface area contributed by atoms with Gasteiger partial charge in [-0.15, -0.1) is 0 Å². The average Bonchev–Trinajstić information content (AvgIpc) is 2.27. The summed E-state index contributed by atoms with van der Waals surface area (Å²) in [7, 11) is 1.65. The largest absolute Gasteiger partial charge is 0.480 e. The van der Waals surface area contributed by atoms with Gasteiger partial charge in [0, 0.05) is 20.2 Å². The number of hydrogen-bond acceptors (Lipinski definition) is 4. The fourth-order valence-corrected chi connectivity index (χ4v) is 1.72. The molecule has 0 unspecified atom stereocenters. The van der Waals surface area contributed by atoms with Crippen LogP contribution in [0.15, 0.2) is 0 Å². The third kappa shape index (κ3) is 4.89. The van der Waals surface area contributed by atoms with Gasteiger partial charge < -0.3 is 25.2 Å². The van der Waals surface area contributed by atoms with Crippen LogP contribution < -0.4 is 10.6 Å². The van der Waals surface area contributed by atoms with Gasteiger partial charge in [0.15, 0.2) is 0 Å². The number of carboxylic acid groups (broad SMARTS) is 1. The fourth-order valence-electron chi connectivity index (χ4n) is 1.72. The Morgan fingerprint density at radius 2 is 2.06 bits per heavy atom. The molecule has 0 atom stereocenters. The van der Waals surface area contributed by atoms with Crippen molar-refractivity contribution in [1.29, 1.82) is 0 Å². The Balaban J connectivity index is 2.02. The van der Waals surface area contributed by atoms with E-state index in [-0.39, 0.29) is 31.4 Å². The molecule has 7 nitrogen and oxygen atoms in total. The second kappa shape index (κ2) is 7.17. The lowest BCUT2D eigenvalue weighted by atomic mass is 9.80. The van der Waals surface area contributed by atoms with E-state index in [1.807, 2.05) is 0 Å². The minimum atomic E-state index is -1.02. The predicted molar refractivity (Wildman–Crippen MR) is 63.4 cm³/mol. The van der Waals surface area contributed by atoms with Crippen LogP contribution in [0, 0.1) is 0 Å². The minimum Gasteiger partial charge on any atom is -0.480 e. The molecule has 0 aromatic heterocycles. The first-order chi connectivity index (χ1) is 8.58. The summed E-state index contributed by atoms with van der Waals surface area (Å²) in [6, 6.07) is -0.294. The lowest BCUT2D eigenvalue weighted by molar-refractivity contribution is -0.142. The van der Waals surface area contributed by atoms with Gasteiger partial charge in [0.05, 0.1) is 12.2 Å². The van der Waals surface area contributed by atoms with Gasteiger partial charge in [-0.2, -0.15) is 0 Å². The van der Waals surface area contributed by atoms with Crippen LogP contribution in [0.5, 0.6) is 0 Å². The molecule has 0 heterocycles. The van der Waals surface area contributed by atoms with Crippen LogP contribution in [0.1, 0.15) is 19.3 Å². The third-order valence-corrected chi connectivity index (χ3v) is 3.03. The van der Waals surface area contributed by atoms with Gasteiger partial charge in [-0.25, -0.2) is 9.59 Å². The quantitative estimate of drug-likeness (QED) is 0.532. The zero-order valence-electron chi connectivity index (χ0n) is 10.5. The summed E-state index contributed by atoms with van der Waals surface area (Å²) < 4.78 is 10.1. The van der Waals surface area contributed by atoms with Crippen molar-refractivity contribution in [3.05, 3.63) is 0 Å². The van der Waals surface area contributed by atoms with Crippen LogP contribution in [0.2, 0.25) is 0 Å². The molecule has 1 rings (SSSR count). The monoisotopic (exact) mass is 260 g/mol. The smallest absolute Gasteiger partial charge is 0.329 e. The Morgan fingerprint density at radius 1 is 1.33 bits per heavy atom. The zero-order valence-corrected chi connectivity index (χ0v) is 10.5. The lowest BCUT2D eigenvalue weighted by Crippen LogP contribution is -2.51. The first-order valence-corrected chi connectivity index (χ1v) is 5.94. The summed E-state index contributed by atoms with van der Waals surface area (Å²) >= 11 is 0. The molecule has 0 aromatic rings. The molecule has 0 bridgehead atoms. The number of carboxylic acids is 1. The molecule has 0 aromatic carbocycles. The summed E-state index contributed by atoms with van der Waals surface area (Å²) in [5.41, 5.74) is -0.197. The first kappa shape index (κ1) is 14.7. The number of methoxy groups -OCH3 is 1. The minimum absolute atomic E-state index is 0.176. The van der Waals surface area contributed by atoms with Gasteiger partial charge in [0.25, 0.3) is 0 Å². The van der Waals surface area contributed by atoms with Crippen LogP contribution in [0.25, 0.3) is 0 Å². The number of ether oxygens (including phenoxy) is 2. The van der Waals surface area contributed by atoms with Crippen LogP contribution in [-0.2, 0) is 14.3 Å².